The lowest BCUT2D eigenvalue weighted by Crippen LogP contribution is -1.70. The first-order valence-corrected chi connectivity index (χ1v) is 3.50. The topological polar surface area (TPSA) is 13.1 Å². The van der Waals surface area contributed by atoms with Crippen molar-refractivity contribution >= 4 is 17.0 Å². The van der Waals surface area contributed by atoms with Gasteiger partial charge in [-0.25, -0.2) is 0 Å². The molecule has 0 saturated carbocycles. The van der Waals surface area contributed by atoms with Crippen LogP contribution in [0.1, 0.15) is 5.56 Å². The van der Waals surface area contributed by atoms with Gasteiger partial charge in [-0.15, -0.1) is 0 Å². The van der Waals surface area contributed by atoms with Crippen LogP contribution in [-0.4, -0.2) is 0 Å². The molecule has 0 amide bonds. The van der Waals surface area contributed by atoms with E-state index in [1.165, 1.54) is 0 Å². The van der Waals surface area contributed by atoms with Crippen LogP contribution in [0.15, 0.2) is 41.5 Å². The highest BCUT2D eigenvalue weighted by Crippen LogP contribution is 2.19. The molecule has 0 radical (unpaired) electrons. The molecule has 0 unspecified atom stereocenters. The van der Waals surface area contributed by atoms with Gasteiger partial charge in [-0.3, -0.25) is 0 Å². The van der Waals surface area contributed by atoms with Gasteiger partial charge in [0.15, 0.2) is 0 Å². The highest BCUT2D eigenvalue weighted by atomic mass is 16.3. The van der Waals surface area contributed by atoms with Gasteiger partial charge in [0.2, 0.25) is 0 Å². The molecule has 1 heteroatoms. The number of rotatable bonds is 1. The first kappa shape index (κ1) is 6.23. The average Bonchev–Trinajstić information content (AvgIpc) is 2.50. The van der Waals surface area contributed by atoms with Crippen LogP contribution in [0.3, 0.4) is 0 Å². The molecule has 1 heterocycles. The van der Waals surface area contributed by atoms with E-state index in [-0.39, 0.29) is 0 Å². The van der Waals surface area contributed by atoms with Gasteiger partial charge < -0.3 is 4.42 Å². The predicted molar refractivity (Wildman–Crippen MR) is 46.3 cm³/mol. The van der Waals surface area contributed by atoms with Crippen LogP contribution in [0.25, 0.3) is 17.0 Å². The second-order valence-corrected chi connectivity index (χ2v) is 2.38. The molecule has 2 aromatic rings. The molecule has 0 aliphatic carbocycles. The summed E-state index contributed by atoms with van der Waals surface area (Å²) in [7, 11) is 0. The van der Waals surface area contributed by atoms with Gasteiger partial charge in [-0.1, -0.05) is 24.8 Å². The minimum atomic E-state index is 0.919. The smallest absolute Gasteiger partial charge is 0.134 e. The van der Waals surface area contributed by atoms with E-state index in [9.17, 15) is 0 Å². The van der Waals surface area contributed by atoms with Gasteiger partial charge in [0.1, 0.15) is 5.58 Å². The van der Waals surface area contributed by atoms with E-state index < -0.39 is 0 Å². The van der Waals surface area contributed by atoms with Crippen molar-refractivity contribution in [3.05, 3.63) is 42.7 Å². The lowest BCUT2D eigenvalue weighted by atomic mass is 10.1. The number of benzene rings is 1. The Kier molecular flexibility index (Phi) is 1.29. The van der Waals surface area contributed by atoms with Gasteiger partial charge in [0, 0.05) is 5.39 Å². The Morgan fingerprint density at radius 2 is 2.18 bits per heavy atom. The maximum Gasteiger partial charge on any atom is 0.134 e. The molecule has 0 aliphatic rings. The molecule has 1 aromatic carbocycles. The Morgan fingerprint density at radius 1 is 1.27 bits per heavy atom. The maximum atomic E-state index is 5.21. The van der Waals surface area contributed by atoms with Crippen molar-refractivity contribution in [2.75, 3.05) is 0 Å². The zero-order valence-electron chi connectivity index (χ0n) is 6.08. The minimum absolute atomic E-state index is 0.919. The molecule has 0 bridgehead atoms. The molecular formula is C10H8O. The summed E-state index contributed by atoms with van der Waals surface area (Å²) in [5, 5.41) is 1.13. The number of hydrogen-bond acceptors (Lipinski definition) is 1. The Bertz CT molecular complexity index is 384. The molecule has 1 aromatic heterocycles. The summed E-state index contributed by atoms with van der Waals surface area (Å²) in [5.41, 5.74) is 2.04. The summed E-state index contributed by atoms with van der Waals surface area (Å²) in [6.45, 7) is 3.72. The molecule has 1 nitrogen and oxygen atoms in total. The molecule has 0 fully saturated rings. The summed E-state index contributed by atoms with van der Waals surface area (Å²) in [6, 6.07) is 7.88. The predicted octanol–water partition coefficient (Wildman–Crippen LogP) is 3.08. The van der Waals surface area contributed by atoms with Crippen molar-refractivity contribution in [1.29, 1.82) is 0 Å². The third-order valence-electron chi connectivity index (χ3n) is 1.75. The van der Waals surface area contributed by atoms with Gasteiger partial charge >= 0.3 is 0 Å². The lowest BCUT2D eigenvalue weighted by Gasteiger charge is -1.92. The molecule has 0 spiro atoms. The van der Waals surface area contributed by atoms with Gasteiger partial charge in [-0.2, -0.15) is 0 Å². The molecule has 0 atom stereocenters. The Balaban J connectivity index is 2.88. The van der Waals surface area contributed by atoms with Gasteiger partial charge in [0.05, 0.1) is 6.26 Å². The van der Waals surface area contributed by atoms with E-state index in [0.29, 0.717) is 0 Å². The quantitative estimate of drug-likeness (QED) is 0.599. The van der Waals surface area contributed by atoms with Crippen molar-refractivity contribution in [2.45, 2.75) is 0 Å². The van der Waals surface area contributed by atoms with E-state index in [4.69, 9.17) is 4.42 Å². The second kappa shape index (κ2) is 2.27. The highest BCUT2D eigenvalue weighted by molar-refractivity contribution is 5.86. The lowest BCUT2D eigenvalue weighted by molar-refractivity contribution is 0.616. The van der Waals surface area contributed by atoms with Crippen LogP contribution in [0.5, 0.6) is 0 Å². The summed E-state index contributed by atoms with van der Waals surface area (Å²) in [4.78, 5) is 0. The fourth-order valence-corrected chi connectivity index (χ4v) is 1.20. The molecule has 0 saturated heterocycles. The molecule has 0 N–H and O–H groups in total. The zero-order valence-corrected chi connectivity index (χ0v) is 6.08. The van der Waals surface area contributed by atoms with Crippen molar-refractivity contribution in [3.8, 4) is 0 Å². The van der Waals surface area contributed by atoms with E-state index >= 15 is 0 Å². The number of hydrogen-bond donors (Lipinski definition) is 0. The van der Waals surface area contributed by atoms with Crippen molar-refractivity contribution in [2.24, 2.45) is 0 Å². The Labute approximate surface area is 64.9 Å². The molecular weight excluding hydrogens is 136 g/mol. The van der Waals surface area contributed by atoms with E-state index in [2.05, 4.69) is 6.58 Å². The third kappa shape index (κ3) is 0.855. The van der Waals surface area contributed by atoms with Crippen LogP contribution < -0.4 is 0 Å². The monoisotopic (exact) mass is 144 g/mol. The largest absolute Gasteiger partial charge is 0.464 e. The van der Waals surface area contributed by atoms with Crippen LogP contribution in [-0.2, 0) is 0 Å². The fraction of sp³-hybridized carbons (Fsp3) is 0. The first-order valence-electron chi connectivity index (χ1n) is 3.50. The van der Waals surface area contributed by atoms with Gasteiger partial charge in [-0.05, 0) is 17.7 Å². The summed E-state index contributed by atoms with van der Waals surface area (Å²) >= 11 is 0. The number of furan rings is 1. The van der Waals surface area contributed by atoms with Crippen molar-refractivity contribution in [1.82, 2.24) is 0 Å². The maximum absolute atomic E-state index is 5.21. The standard InChI is InChI=1S/C10H8O/c1-2-8-4-3-5-10-9(8)6-7-11-10/h2-7H,1H2. The van der Waals surface area contributed by atoms with Crippen LogP contribution >= 0.6 is 0 Å². The van der Waals surface area contributed by atoms with Crippen molar-refractivity contribution in [3.63, 3.8) is 0 Å². The van der Waals surface area contributed by atoms with E-state index in [1.54, 1.807) is 6.26 Å². The second-order valence-electron chi connectivity index (χ2n) is 2.38. The normalized spacial score (nSPS) is 10.2. The van der Waals surface area contributed by atoms with Crippen LogP contribution in [0.4, 0.5) is 0 Å². The molecule has 11 heavy (non-hydrogen) atoms. The number of fused-ring (bicyclic) bond motifs is 1. The third-order valence-corrected chi connectivity index (χ3v) is 1.75. The Hall–Kier alpha value is -1.50. The van der Waals surface area contributed by atoms with Crippen LogP contribution in [0.2, 0.25) is 0 Å². The fourth-order valence-electron chi connectivity index (χ4n) is 1.20. The SMILES string of the molecule is C=Cc1cccc2occc12. The van der Waals surface area contributed by atoms with Crippen LogP contribution in [0, 0.1) is 0 Å². The molecule has 2 rings (SSSR count). The summed E-state index contributed by atoms with van der Waals surface area (Å²) in [6.07, 6.45) is 3.52. The first-order chi connectivity index (χ1) is 5.42. The zero-order chi connectivity index (χ0) is 7.68. The Morgan fingerprint density at radius 3 is 3.00 bits per heavy atom. The summed E-state index contributed by atoms with van der Waals surface area (Å²) < 4.78 is 5.21. The highest BCUT2D eigenvalue weighted by Gasteiger charge is 1.97. The average molecular weight is 144 g/mol. The van der Waals surface area contributed by atoms with E-state index in [0.717, 1.165) is 16.5 Å². The molecule has 0 aliphatic heterocycles. The summed E-state index contributed by atoms with van der Waals surface area (Å²) in [5.74, 6) is 0. The van der Waals surface area contributed by atoms with Gasteiger partial charge in [0.25, 0.3) is 0 Å². The van der Waals surface area contributed by atoms with E-state index in [1.807, 2.05) is 30.3 Å². The minimum Gasteiger partial charge on any atom is -0.464 e. The van der Waals surface area contributed by atoms with Crippen molar-refractivity contribution < 1.29 is 4.42 Å². The molecule has 54 valence electrons.